The highest BCUT2D eigenvalue weighted by Crippen LogP contribution is 2.19. The van der Waals surface area contributed by atoms with Gasteiger partial charge in [-0.2, -0.15) is 0 Å². The SMILES string of the molecule is COC(C[NH2+]CCC(=O)c1cc2ccccc2o1)c1ccccc1.[Cl-]. The second-order valence-electron chi connectivity index (χ2n) is 5.77. The molecule has 1 heterocycles. The van der Waals surface area contributed by atoms with Crippen LogP contribution in [0, 0.1) is 0 Å². The quantitative estimate of drug-likeness (QED) is 0.453. The molecule has 4 nitrogen and oxygen atoms in total. The van der Waals surface area contributed by atoms with Gasteiger partial charge in [-0.05, 0) is 17.7 Å². The standard InChI is InChI=1S/C20H21NO3.ClH/c1-23-20(15-7-3-2-4-8-15)14-21-12-11-17(22)19-13-16-9-5-6-10-18(16)24-19;/h2-10,13,20-21H,11-12,14H2,1H3;1H. The molecule has 0 aliphatic rings. The van der Waals surface area contributed by atoms with E-state index in [2.05, 4.69) is 17.4 Å². The first-order valence-corrected chi connectivity index (χ1v) is 8.19. The van der Waals surface area contributed by atoms with Gasteiger partial charge in [-0.25, -0.2) is 0 Å². The average molecular weight is 360 g/mol. The van der Waals surface area contributed by atoms with Gasteiger partial charge in [0.2, 0.25) is 5.78 Å². The molecule has 0 aliphatic heterocycles. The summed E-state index contributed by atoms with van der Waals surface area (Å²) in [5.74, 6) is 0.479. The minimum atomic E-state index is 0. The summed E-state index contributed by atoms with van der Waals surface area (Å²) in [7, 11) is 1.71. The van der Waals surface area contributed by atoms with Gasteiger partial charge in [0, 0.05) is 12.5 Å². The van der Waals surface area contributed by atoms with Crippen molar-refractivity contribution >= 4 is 16.8 Å². The molecule has 2 N–H and O–H groups in total. The number of para-hydroxylation sites is 1. The van der Waals surface area contributed by atoms with Crippen LogP contribution in [-0.2, 0) is 4.74 Å². The predicted molar refractivity (Wildman–Crippen MR) is 93.0 cm³/mol. The Morgan fingerprint density at radius 2 is 1.84 bits per heavy atom. The summed E-state index contributed by atoms with van der Waals surface area (Å²) in [6.07, 6.45) is 0.484. The van der Waals surface area contributed by atoms with Crippen LogP contribution in [-0.4, -0.2) is 26.0 Å². The minimum absolute atomic E-state index is 0. The van der Waals surface area contributed by atoms with Crippen LogP contribution in [0.25, 0.3) is 11.0 Å². The van der Waals surface area contributed by atoms with Crippen molar-refractivity contribution in [3.05, 3.63) is 72.0 Å². The number of methoxy groups -OCH3 is 1. The zero-order valence-corrected chi connectivity index (χ0v) is 14.9. The Morgan fingerprint density at radius 3 is 2.56 bits per heavy atom. The van der Waals surface area contributed by atoms with Crippen molar-refractivity contribution in [1.82, 2.24) is 0 Å². The van der Waals surface area contributed by atoms with Crippen LogP contribution in [0.1, 0.15) is 28.6 Å². The lowest BCUT2D eigenvalue weighted by molar-refractivity contribution is -0.661. The van der Waals surface area contributed by atoms with E-state index >= 15 is 0 Å². The van der Waals surface area contributed by atoms with Crippen molar-refractivity contribution in [3.63, 3.8) is 0 Å². The fourth-order valence-corrected chi connectivity index (χ4v) is 2.78. The number of quaternary nitrogens is 1. The summed E-state index contributed by atoms with van der Waals surface area (Å²) >= 11 is 0. The number of carbonyl (C=O) groups excluding carboxylic acids is 1. The summed E-state index contributed by atoms with van der Waals surface area (Å²) in [4.78, 5) is 12.3. The number of hydrogen-bond donors (Lipinski definition) is 1. The second-order valence-corrected chi connectivity index (χ2v) is 5.77. The molecule has 1 unspecified atom stereocenters. The smallest absolute Gasteiger partial charge is 0.203 e. The summed E-state index contributed by atoms with van der Waals surface area (Å²) in [5, 5.41) is 3.08. The molecule has 5 heteroatoms. The summed E-state index contributed by atoms with van der Waals surface area (Å²) in [5.41, 5.74) is 1.91. The van der Waals surface area contributed by atoms with Crippen LogP contribution >= 0.6 is 0 Å². The molecule has 0 bridgehead atoms. The van der Waals surface area contributed by atoms with Gasteiger partial charge >= 0.3 is 0 Å². The average Bonchev–Trinajstić information content (AvgIpc) is 3.06. The number of hydrogen-bond acceptors (Lipinski definition) is 3. The first-order chi connectivity index (χ1) is 11.8. The number of halogens is 1. The number of ketones is 1. The van der Waals surface area contributed by atoms with E-state index < -0.39 is 0 Å². The zero-order valence-electron chi connectivity index (χ0n) is 14.2. The zero-order chi connectivity index (χ0) is 16.8. The minimum Gasteiger partial charge on any atom is -1.00 e. The molecule has 2 aromatic carbocycles. The molecule has 0 fully saturated rings. The number of carbonyl (C=O) groups is 1. The van der Waals surface area contributed by atoms with Crippen molar-refractivity contribution in [2.75, 3.05) is 20.2 Å². The molecule has 3 rings (SSSR count). The van der Waals surface area contributed by atoms with Crippen molar-refractivity contribution in [2.45, 2.75) is 12.5 Å². The molecule has 0 aliphatic carbocycles. The van der Waals surface area contributed by atoms with Crippen molar-refractivity contribution in [3.8, 4) is 0 Å². The maximum Gasteiger partial charge on any atom is 0.203 e. The van der Waals surface area contributed by atoms with Crippen LogP contribution < -0.4 is 17.7 Å². The summed E-state index contributed by atoms with van der Waals surface area (Å²) in [6, 6.07) is 19.6. The second kappa shape index (κ2) is 9.37. The molecular formula is C20H22ClNO3. The van der Waals surface area contributed by atoms with Gasteiger partial charge in [-0.1, -0.05) is 48.5 Å². The van der Waals surface area contributed by atoms with E-state index in [1.807, 2.05) is 48.5 Å². The van der Waals surface area contributed by atoms with Gasteiger partial charge in [0.25, 0.3) is 0 Å². The van der Waals surface area contributed by atoms with E-state index in [0.29, 0.717) is 18.7 Å². The third-order valence-corrected chi connectivity index (χ3v) is 4.11. The molecule has 0 spiro atoms. The summed E-state index contributed by atoms with van der Waals surface area (Å²) in [6.45, 7) is 1.50. The lowest BCUT2D eigenvalue weighted by Crippen LogP contribution is -3.00. The number of benzene rings is 2. The van der Waals surface area contributed by atoms with Gasteiger partial charge < -0.3 is 26.9 Å². The fourth-order valence-electron chi connectivity index (χ4n) is 2.78. The Morgan fingerprint density at radius 1 is 1.12 bits per heavy atom. The van der Waals surface area contributed by atoms with Gasteiger partial charge in [0.05, 0.1) is 13.0 Å². The molecule has 1 atom stereocenters. The number of ether oxygens (including phenoxy) is 1. The van der Waals surface area contributed by atoms with E-state index in [4.69, 9.17) is 9.15 Å². The highest BCUT2D eigenvalue weighted by atomic mass is 35.5. The molecule has 132 valence electrons. The normalized spacial score (nSPS) is 11.9. The first kappa shape index (κ1) is 19.2. The monoisotopic (exact) mass is 359 g/mol. The third kappa shape index (κ3) is 4.92. The van der Waals surface area contributed by atoms with Crippen LogP contribution in [0.15, 0.2) is 65.1 Å². The molecule has 25 heavy (non-hydrogen) atoms. The highest BCUT2D eigenvalue weighted by molar-refractivity contribution is 5.97. The van der Waals surface area contributed by atoms with Crippen LogP contribution in [0.5, 0.6) is 0 Å². The number of rotatable bonds is 8. The molecule has 0 amide bonds. The van der Waals surface area contributed by atoms with Crippen LogP contribution in [0.4, 0.5) is 0 Å². The Balaban J connectivity index is 0.00000225. The Labute approximate surface area is 153 Å². The third-order valence-electron chi connectivity index (χ3n) is 4.11. The molecular weight excluding hydrogens is 338 g/mol. The van der Waals surface area contributed by atoms with Crippen molar-refractivity contribution in [2.24, 2.45) is 0 Å². The van der Waals surface area contributed by atoms with Crippen LogP contribution in [0.2, 0.25) is 0 Å². The van der Waals surface area contributed by atoms with Gasteiger partial charge in [-0.15, -0.1) is 0 Å². The lowest BCUT2D eigenvalue weighted by atomic mass is 10.1. The number of furan rings is 1. The van der Waals surface area contributed by atoms with E-state index in [1.54, 1.807) is 7.11 Å². The maximum absolute atomic E-state index is 12.3. The van der Waals surface area contributed by atoms with Crippen LogP contribution in [0.3, 0.4) is 0 Å². The predicted octanol–water partition coefficient (Wildman–Crippen LogP) is -0.0393. The Hall–Kier alpha value is -2.14. The fraction of sp³-hybridized carbons (Fsp3) is 0.250. The van der Waals surface area contributed by atoms with E-state index in [1.165, 1.54) is 0 Å². The first-order valence-electron chi connectivity index (χ1n) is 8.19. The van der Waals surface area contributed by atoms with Crippen molar-refractivity contribution in [1.29, 1.82) is 0 Å². The highest BCUT2D eigenvalue weighted by Gasteiger charge is 2.15. The molecule has 0 saturated carbocycles. The largest absolute Gasteiger partial charge is 1.00 e. The van der Waals surface area contributed by atoms with Crippen molar-refractivity contribution < 1.29 is 31.7 Å². The topological polar surface area (TPSA) is 56.0 Å². The maximum atomic E-state index is 12.3. The van der Waals surface area contributed by atoms with Gasteiger partial charge in [0.1, 0.15) is 18.2 Å². The van der Waals surface area contributed by atoms with E-state index in [-0.39, 0.29) is 24.3 Å². The molecule has 0 radical (unpaired) electrons. The number of nitrogens with two attached hydrogens (primary N) is 1. The lowest BCUT2D eigenvalue weighted by Gasteiger charge is -2.14. The number of fused-ring (bicyclic) bond motifs is 1. The summed E-state index contributed by atoms with van der Waals surface area (Å²) < 4.78 is 11.1. The number of Topliss-reactive ketones (excluding diaryl/α,β-unsaturated/α-hetero) is 1. The molecule has 1 aromatic heterocycles. The van der Waals surface area contributed by atoms with Gasteiger partial charge in [-0.3, -0.25) is 4.79 Å². The Kier molecular flexibility index (Phi) is 7.19. The Bertz CT molecular complexity index is 768. The van der Waals surface area contributed by atoms with Gasteiger partial charge in [0.15, 0.2) is 5.76 Å². The molecule has 3 aromatic rings. The van der Waals surface area contributed by atoms with E-state index in [9.17, 15) is 4.79 Å². The van der Waals surface area contributed by atoms with E-state index in [0.717, 1.165) is 23.1 Å². The molecule has 0 saturated heterocycles.